The first kappa shape index (κ1) is 12.4. The van der Waals surface area contributed by atoms with Gasteiger partial charge in [-0.2, -0.15) is 0 Å². The van der Waals surface area contributed by atoms with Crippen molar-refractivity contribution in [1.29, 1.82) is 0 Å². The summed E-state index contributed by atoms with van der Waals surface area (Å²) in [5.74, 6) is -0.329. The Morgan fingerprint density at radius 3 is 3.11 bits per heavy atom. The molecule has 0 amide bonds. The zero-order chi connectivity index (χ0) is 12.5. The van der Waals surface area contributed by atoms with E-state index in [2.05, 4.69) is 10.2 Å². The van der Waals surface area contributed by atoms with Gasteiger partial charge in [0.15, 0.2) is 0 Å². The molecule has 2 heterocycles. The number of nitrogens with zero attached hydrogens (tertiary/aromatic N) is 1. The summed E-state index contributed by atoms with van der Waals surface area (Å²) in [6.45, 7) is 3.09. The standard InChI is InChI=1S/C14H18ClFN2/c15-14-10(3-1-4-11(14)16)9-17-12-6-8-18-7-2-5-13(12)18/h1,3-4,12-13,17H,2,5-9H2. The molecule has 4 heteroatoms. The topological polar surface area (TPSA) is 15.3 Å². The number of rotatable bonds is 3. The molecule has 0 saturated carbocycles. The number of nitrogens with one attached hydrogen (secondary N) is 1. The summed E-state index contributed by atoms with van der Waals surface area (Å²) in [6.07, 6.45) is 3.79. The number of hydrogen-bond donors (Lipinski definition) is 1. The smallest absolute Gasteiger partial charge is 0.142 e. The summed E-state index contributed by atoms with van der Waals surface area (Å²) in [6, 6.07) is 6.22. The molecule has 0 bridgehead atoms. The molecule has 1 aromatic rings. The van der Waals surface area contributed by atoms with E-state index < -0.39 is 0 Å². The van der Waals surface area contributed by atoms with Gasteiger partial charge in [0.05, 0.1) is 5.02 Å². The minimum atomic E-state index is -0.329. The molecule has 2 atom stereocenters. The molecule has 2 saturated heterocycles. The Morgan fingerprint density at radius 1 is 1.33 bits per heavy atom. The maximum Gasteiger partial charge on any atom is 0.142 e. The average molecular weight is 269 g/mol. The molecule has 3 rings (SSSR count). The van der Waals surface area contributed by atoms with E-state index in [1.165, 1.54) is 38.4 Å². The van der Waals surface area contributed by atoms with Crippen LogP contribution in [0.25, 0.3) is 0 Å². The molecule has 0 aliphatic carbocycles. The van der Waals surface area contributed by atoms with Crippen LogP contribution >= 0.6 is 11.6 Å². The van der Waals surface area contributed by atoms with E-state index in [4.69, 9.17) is 11.6 Å². The second kappa shape index (κ2) is 5.16. The largest absolute Gasteiger partial charge is 0.308 e. The zero-order valence-corrected chi connectivity index (χ0v) is 11.1. The molecule has 2 aliphatic heterocycles. The lowest BCUT2D eigenvalue weighted by atomic mass is 10.1. The van der Waals surface area contributed by atoms with Gasteiger partial charge in [0, 0.05) is 25.2 Å². The van der Waals surface area contributed by atoms with Crippen LogP contribution in [0, 0.1) is 5.82 Å². The maximum atomic E-state index is 13.3. The van der Waals surface area contributed by atoms with E-state index in [-0.39, 0.29) is 10.8 Å². The third-order valence-corrected chi connectivity index (χ3v) is 4.62. The Kier molecular flexibility index (Phi) is 3.55. The highest BCUT2D eigenvalue weighted by atomic mass is 35.5. The van der Waals surface area contributed by atoms with Gasteiger partial charge in [0.25, 0.3) is 0 Å². The molecule has 2 nitrogen and oxygen atoms in total. The van der Waals surface area contributed by atoms with Gasteiger partial charge in [-0.05, 0) is 37.4 Å². The van der Waals surface area contributed by atoms with E-state index in [9.17, 15) is 4.39 Å². The van der Waals surface area contributed by atoms with Crippen LogP contribution in [0.2, 0.25) is 5.02 Å². The summed E-state index contributed by atoms with van der Waals surface area (Å²) in [7, 11) is 0. The molecule has 0 aromatic heterocycles. The van der Waals surface area contributed by atoms with Crippen molar-refractivity contribution in [2.24, 2.45) is 0 Å². The Bertz CT molecular complexity index is 438. The number of fused-ring (bicyclic) bond motifs is 1. The van der Waals surface area contributed by atoms with Crippen molar-refractivity contribution < 1.29 is 4.39 Å². The molecule has 2 fully saturated rings. The summed E-state index contributed by atoms with van der Waals surface area (Å²) < 4.78 is 13.3. The van der Waals surface area contributed by atoms with Crippen molar-refractivity contribution >= 4 is 11.6 Å². The normalized spacial score (nSPS) is 27.7. The molecule has 2 unspecified atom stereocenters. The predicted molar refractivity (Wildman–Crippen MR) is 71.2 cm³/mol. The fourth-order valence-corrected chi connectivity index (χ4v) is 3.44. The highest BCUT2D eigenvalue weighted by molar-refractivity contribution is 6.31. The van der Waals surface area contributed by atoms with E-state index in [0.717, 1.165) is 5.56 Å². The first-order valence-corrected chi connectivity index (χ1v) is 7.04. The quantitative estimate of drug-likeness (QED) is 0.907. The van der Waals surface area contributed by atoms with Crippen LogP contribution in [0.3, 0.4) is 0 Å². The Labute approximate surface area is 112 Å². The van der Waals surface area contributed by atoms with Crippen LogP contribution in [0.4, 0.5) is 4.39 Å². The van der Waals surface area contributed by atoms with Crippen LogP contribution in [-0.2, 0) is 6.54 Å². The first-order chi connectivity index (χ1) is 8.75. The minimum Gasteiger partial charge on any atom is -0.308 e. The SMILES string of the molecule is Fc1cccc(CNC2CCN3CCCC23)c1Cl. The van der Waals surface area contributed by atoms with Crippen LogP contribution in [-0.4, -0.2) is 30.1 Å². The number of benzene rings is 1. The summed E-state index contributed by atoms with van der Waals surface area (Å²) in [4.78, 5) is 2.56. The molecule has 98 valence electrons. The van der Waals surface area contributed by atoms with E-state index in [1.807, 2.05) is 6.07 Å². The summed E-state index contributed by atoms with van der Waals surface area (Å²) in [5, 5.41) is 3.80. The second-order valence-electron chi connectivity index (χ2n) is 5.23. The van der Waals surface area contributed by atoms with Crippen molar-refractivity contribution in [3.8, 4) is 0 Å². The minimum absolute atomic E-state index is 0.256. The molecule has 2 aliphatic rings. The highest BCUT2D eigenvalue weighted by Crippen LogP contribution is 2.28. The fraction of sp³-hybridized carbons (Fsp3) is 0.571. The van der Waals surface area contributed by atoms with Crippen LogP contribution in [0.15, 0.2) is 18.2 Å². The molecule has 0 spiro atoms. The van der Waals surface area contributed by atoms with Crippen LogP contribution in [0.1, 0.15) is 24.8 Å². The van der Waals surface area contributed by atoms with Crippen molar-refractivity contribution in [3.05, 3.63) is 34.6 Å². The molecule has 1 N–H and O–H groups in total. The Hall–Kier alpha value is -0.640. The van der Waals surface area contributed by atoms with Gasteiger partial charge in [-0.3, -0.25) is 4.90 Å². The van der Waals surface area contributed by atoms with Gasteiger partial charge in [0.2, 0.25) is 0 Å². The molecule has 0 radical (unpaired) electrons. The van der Waals surface area contributed by atoms with Crippen molar-refractivity contribution in [2.45, 2.75) is 37.9 Å². The van der Waals surface area contributed by atoms with E-state index >= 15 is 0 Å². The van der Waals surface area contributed by atoms with Crippen molar-refractivity contribution in [3.63, 3.8) is 0 Å². The fourth-order valence-electron chi connectivity index (χ4n) is 3.25. The lowest BCUT2D eigenvalue weighted by Gasteiger charge is -2.21. The van der Waals surface area contributed by atoms with Crippen LogP contribution < -0.4 is 5.32 Å². The summed E-state index contributed by atoms with van der Waals surface area (Å²) in [5.41, 5.74) is 0.855. The first-order valence-electron chi connectivity index (χ1n) is 6.66. The van der Waals surface area contributed by atoms with Gasteiger partial charge >= 0.3 is 0 Å². The van der Waals surface area contributed by atoms with Crippen molar-refractivity contribution in [2.75, 3.05) is 13.1 Å². The van der Waals surface area contributed by atoms with Gasteiger partial charge in [0.1, 0.15) is 5.82 Å². The lowest BCUT2D eigenvalue weighted by Crippen LogP contribution is -2.38. The van der Waals surface area contributed by atoms with Gasteiger partial charge in [-0.1, -0.05) is 23.7 Å². The Morgan fingerprint density at radius 2 is 2.22 bits per heavy atom. The van der Waals surface area contributed by atoms with Gasteiger partial charge < -0.3 is 5.32 Å². The van der Waals surface area contributed by atoms with Crippen LogP contribution in [0.5, 0.6) is 0 Å². The highest BCUT2D eigenvalue weighted by Gasteiger charge is 2.36. The maximum absolute atomic E-state index is 13.3. The zero-order valence-electron chi connectivity index (χ0n) is 10.3. The molecule has 1 aromatic carbocycles. The molecular weight excluding hydrogens is 251 g/mol. The van der Waals surface area contributed by atoms with E-state index in [1.54, 1.807) is 6.07 Å². The third kappa shape index (κ3) is 2.27. The number of hydrogen-bond acceptors (Lipinski definition) is 2. The number of halogens is 2. The average Bonchev–Trinajstić information content (AvgIpc) is 2.94. The van der Waals surface area contributed by atoms with Gasteiger partial charge in [-0.15, -0.1) is 0 Å². The van der Waals surface area contributed by atoms with Crippen molar-refractivity contribution in [1.82, 2.24) is 10.2 Å². The monoisotopic (exact) mass is 268 g/mol. The van der Waals surface area contributed by atoms with E-state index in [0.29, 0.717) is 18.6 Å². The van der Waals surface area contributed by atoms with Gasteiger partial charge in [-0.25, -0.2) is 4.39 Å². The summed E-state index contributed by atoms with van der Waals surface area (Å²) >= 11 is 5.96. The molecular formula is C14H18ClFN2. The second-order valence-corrected chi connectivity index (χ2v) is 5.61. The third-order valence-electron chi connectivity index (χ3n) is 4.19. The predicted octanol–water partition coefficient (Wildman–Crippen LogP) is 2.81. The Balaban J connectivity index is 1.63. The lowest BCUT2D eigenvalue weighted by molar-refractivity contribution is 0.298. The molecule has 18 heavy (non-hydrogen) atoms.